The van der Waals surface area contributed by atoms with Crippen molar-refractivity contribution in [2.45, 2.75) is 31.7 Å². The molecule has 1 unspecified atom stereocenters. The number of halogens is 4. The molecule has 1 aliphatic rings. The molecule has 0 aliphatic carbocycles. The average molecular weight is 300 g/mol. The van der Waals surface area contributed by atoms with E-state index in [0.29, 0.717) is 13.1 Å². The van der Waals surface area contributed by atoms with Gasteiger partial charge in [-0.15, -0.1) is 0 Å². The maximum atomic E-state index is 12.5. The van der Waals surface area contributed by atoms with E-state index in [-0.39, 0.29) is 12.3 Å². The fraction of sp³-hybridized carbons (Fsp3) is 0.818. The van der Waals surface area contributed by atoms with Crippen molar-refractivity contribution in [2.24, 2.45) is 0 Å². The van der Waals surface area contributed by atoms with E-state index in [1.54, 1.807) is 6.92 Å². The van der Waals surface area contributed by atoms with Gasteiger partial charge in [0.1, 0.15) is 13.2 Å². The summed E-state index contributed by atoms with van der Waals surface area (Å²) in [6.45, 7) is 0.371. The molecule has 1 heterocycles. The first-order chi connectivity index (χ1) is 9.26. The van der Waals surface area contributed by atoms with Gasteiger partial charge in [0.25, 0.3) is 0 Å². The molecule has 116 valence electrons. The first-order valence-electron chi connectivity index (χ1n) is 6.07. The summed E-state index contributed by atoms with van der Waals surface area (Å²) in [5, 5.41) is 2.43. The zero-order chi connectivity index (χ0) is 15.3. The van der Waals surface area contributed by atoms with E-state index in [9.17, 15) is 27.2 Å². The summed E-state index contributed by atoms with van der Waals surface area (Å²) in [6, 6.07) is -0.408. The topological polar surface area (TPSA) is 58.6 Å². The van der Waals surface area contributed by atoms with E-state index in [0.717, 1.165) is 0 Å². The third-order valence-corrected chi connectivity index (χ3v) is 2.81. The van der Waals surface area contributed by atoms with Crippen molar-refractivity contribution in [3.63, 3.8) is 0 Å². The van der Waals surface area contributed by atoms with Gasteiger partial charge in [-0.3, -0.25) is 9.59 Å². The maximum Gasteiger partial charge on any atom is 0.330 e. The van der Waals surface area contributed by atoms with Crippen molar-refractivity contribution in [1.82, 2.24) is 10.2 Å². The molecule has 1 atom stereocenters. The molecule has 2 amide bonds. The average Bonchev–Trinajstić information content (AvgIpc) is 2.68. The minimum absolute atomic E-state index is 0.108. The van der Waals surface area contributed by atoms with Crippen LogP contribution in [0.3, 0.4) is 0 Å². The third-order valence-electron chi connectivity index (χ3n) is 2.81. The quantitative estimate of drug-likeness (QED) is 0.702. The lowest BCUT2D eigenvalue weighted by molar-refractivity contribution is -0.168. The van der Waals surface area contributed by atoms with Gasteiger partial charge >= 0.3 is 12.3 Å². The second kappa shape index (κ2) is 6.87. The van der Waals surface area contributed by atoms with Gasteiger partial charge in [0.15, 0.2) is 0 Å². The first kappa shape index (κ1) is 16.7. The number of rotatable bonds is 7. The molecular formula is C11H16F4N2O3. The number of nitrogens with zero attached hydrogens (tertiary/aromatic N) is 1. The molecule has 0 radical (unpaired) electrons. The van der Waals surface area contributed by atoms with Crippen LogP contribution in [0.4, 0.5) is 17.6 Å². The van der Waals surface area contributed by atoms with Gasteiger partial charge in [0.2, 0.25) is 11.8 Å². The van der Waals surface area contributed by atoms with Crippen molar-refractivity contribution in [1.29, 1.82) is 0 Å². The molecule has 0 saturated carbocycles. The molecule has 1 aliphatic heterocycles. The van der Waals surface area contributed by atoms with Gasteiger partial charge in [-0.25, -0.2) is 8.78 Å². The Kier molecular flexibility index (Phi) is 5.73. The lowest BCUT2D eigenvalue weighted by atomic mass is 10.2. The van der Waals surface area contributed by atoms with Crippen LogP contribution in [-0.2, 0) is 14.3 Å². The van der Waals surface area contributed by atoms with Gasteiger partial charge in [0, 0.05) is 19.5 Å². The van der Waals surface area contributed by atoms with E-state index in [1.807, 2.05) is 0 Å². The van der Waals surface area contributed by atoms with Crippen LogP contribution in [0.5, 0.6) is 0 Å². The summed E-state index contributed by atoms with van der Waals surface area (Å²) in [5.74, 6) is -5.10. The monoisotopic (exact) mass is 300 g/mol. The number of likely N-dealkylation sites (tertiary alicyclic amines) is 1. The molecule has 9 heteroatoms. The van der Waals surface area contributed by atoms with Gasteiger partial charge < -0.3 is 15.0 Å². The van der Waals surface area contributed by atoms with E-state index >= 15 is 0 Å². The number of amides is 2. The Morgan fingerprint density at radius 1 is 1.55 bits per heavy atom. The Balaban J connectivity index is 2.27. The highest BCUT2D eigenvalue weighted by molar-refractivity contribution is 5.82. The van der Waals surface area contributed by atoms with Gasteiger partial charge in [0.05, 0.1) is 6.04 Å². The molecule has 0 aromatic rings. The molecule has 1 fully saturated rings. The number of hydrogen-bond donors (Lipinski definition) is 1. The molecule has 0 aromatic carbocycles. The standard InChI is InChI=1S/C11H16F4N2O3/c1-2-17-4-7(3-9(17)19)16-8(18)5-20-6-11(14,15)10(12)13/h7,10H,2-6H2,1H3,(H,16,18). The Morgan fingerprint density at radius 2 is 2.20 bits per heavy atom. The summed E-state index contributed by atoms with van der Waals surface area (Å²) in [5.41, 5.74) is 0. The predicted molar refractivity (Wildman–Crippen MR) is 60.6 cm³/mol. The van der Waals surface area contributed by atoms with Crippen LogP contribution in [0.25, 0.3) is 0 Å². The lowest BCUT2D eigenvalue weighted by Crippen LogP contribution is -2.40. The summed E-state index contributed by atoms with van der Waals surface area (Å²) < 4.78 is 52.9. The van der Waals surface area contributed by atoms with Crippen LogP contribution >= 0.6 is 0 Å². The van der Waals surface area contributed by atoms with Gasteiger partial charge in [-0.2, -0.15) is 8.78 Å². The minimum Gasteiger partial charge on any atom is -0.365 e. The van der Waals surface area contributed by atoms with Crippen molar-refractivity contribution in [3.8, 4) is 0 Å². The zero-order valence-electron chi connectivity index (χ0n) is 10.9. The van der Waals surface area contributed by atoms with Crippen LogP contribution in [0.2, 0.25) is 0 Å². The van der Waals surface area contributed by atoms with Crippen LogP contribution in [-0.4, -0.2) is 61.4 Å². The second-order valence-corrected chi connectivity index (χ2v) is 4.46. The molecule has 20 heavy (non-hydrogen) atoms. The van der Waals surface area contributed by atoms with Crippen molar-refractivity contribution < 1.29 is 31.9 Å². The van der Waals surface area contributed by atoms with E-state index < -0.39 is 37.5 Å². The summed E-state index contributed by atoms with van der Waals surface area (Å²) in [6.07, 6.45) is -3.71. The molecule has 0 aromatic heterocycles. The summed E-state index contributed by atoms with van der Waals surface area (Å²) >= 11 is 0. The van der Waals surface area contributed by atoms with Crippen LogP contribution in [0, 0.1) is 0 Å². The predicted octanol–water partition coefficient (Wildman–Crippen LogP) is 0.640. The van der Waals surface area contributed by atoms with Crippen LogP contribution in [0.15, 0.2) is 0 Å². The van der Waals surface area contributed by atoms with Crippen molar-refractivity contribution in [3.05, 3.63) is 0 Å². The van der Waals surface area contributed by atoms with Gasteiger partial charge in [-0.1, -0.05) is 0 Å². The summed E-state index contributed by atoms with van der Waals surface area (Å²) in [7, 11) is 0. The smallest absolute Gasteiger partial charge is 0.330 e. The molecule has 1 rings (SSSR count). The van der Waals surface area contributed by atoms with E-state index in [1.165, 1.54) is 4.90 Å². The fourth-order valence-electron chi connectivity index (χ4n) is 1.79. The molecular weight excluding hydrogens is 284 g/mol. The highest BCUT2D eigenvalue weighted by Gasteiger charge is 2.41. The lowest BCUT2D eigenvalue weighted by Gasteiger charge is -2.16. The third kappa shape index (κ3) is 4.62. The number of carbonyl (C=O) groups is 2. The fourth-order valence-corrected chi connectivity index (χ4v) is 1.79. The number of alkyl halides is 4. The summed E-state index contributed by atoms with van der Waals surface area (Å²) in [4.78, 5) is 24.3. The largest absolute Gasteiger partial charge is 0.365 e. The number of hydrogen-bond acceptors (Lipinski definition) is 3. The normalized spacial score (nSPS) is 19.8. The minimum atomic E-state index is -4.28. The van der Waals surface area contributed by atoms with E-state index in [2.05, 4.69) is 10.1 Å². The number of ether oxygens (including phenoxy) is 1. The van der Waals surface area contributed by atoms with Crippen molar-refractivity contribution >= 4 is 11.8 Å². The van der Waals surface area contributed by atoms with E-state index in [4.69, 9.17) is 0 Å². The Morgan fingerprint density at radius 3 is 2.70 bits per heavy atom. The first-order valence-corrected chi connectivity index (χ1v) is 6.07. The highest BCUT2D eigenvalue weighted by atomic mass is 19.3. The molecule has 1 N–H and O–H groups in total. The second-order valence-electron chi connectivity index (χ2n) is 4.46. The molecule has 5 nitrogen and oxygen atoms in total. The van der Waals surface area contributed by atoms with Crippen molar-refractivity contribution in [2.75, 3.05) is 26.3 Å². The number of nitrogens with one attached hydrogen (secondary N) is 1. The Hall–Kier alpha value is -1.38. The maximum absolute atomic E-state index is 12.5. The number of likely N-dealkylation sites (N-methyl/N-ethyl adjacent to an activating group) is 1. The molecule has 0 spiro atoms. The van der Waals surface area contributed by atoms with Crippen LogP contribution < -0.4 is 5.32 Å². The van der Waals surface area contributed by atoms with Gasteiger partial charge in [-0.05, 0) is 6.92 Å². The number of carbonyl (C=O) groups excluding carboxylic acids is 2. The zero-order valence-corrected chi connectivity index (χ0v) is 10.9. The molecule has 1 saturated heterocycles. The SMILES string of the molecule is CCN1CC(NC(=O)COCC(F)(F)C(F)F)CC1=O. The Bertz CT molecular complexity index is 366. The van der Waals surface area contributed by atoms with Crippen LogP contribution in [0.1, 0.15) is 13.3 Å². The Labute approximate surface area is 113 Å². The highest BCUT2D eigenvalue weighted by Crippen LogP contribution is 2.22. The molecule has 0 bridgehead atoms.